The Morgan fingerprint density at radius 1 is 1.27 bits per heavy atom. The van der Waals surface area contributed by atoms with Crippen LogP contribution in [0.15, 0.2) is 24.3 Å². The van der Waals surface area contributed by atoms with Crippen LogP contribution in [0.4, 0.5) is 5.69 Å². The number of benzene rings is 1. The molecule has 1 atom stereocenters. The van der Waals surface area contributed by atoms with E-state index in [1.165, 1.54) is 11.9 Å². The first-order valence-corrected chi connectivity index (χ1v) is 8.91. The van der Waals surface area contributed by atoms with Crippen LogP contribution in [0.3, 0.4) is 0 Å². The van der Waals surface area contributed by atoms with Crippen molar-refractivity contribution in [2.45, 2.75) is 13.3 Å². The number of sulfone groups is 1. The van der Waals surface area contributed by atoms with Gasteiger partial charge in [-0.05, 0) is 25.5 Å². The van der Waals surface area contributed by atoms with Gasteiger partial charge in [0.15, 0.2) is 9.84 Å². The molecule has 1 fully saturated rings. The molecule has 120 valence electrons. The molecule has 0 unspecified atom stereocenters. The minimum Gasteiger partial charge on any atom is -0.336 e. The number of nitrogens with one attached hydrogen (secondary N) is 1. The number of hydrogen-bond acceptors (Lipinski definition) is 4. The van der Waals surface area contributed by atoms with E-state index in [2.05, 4.69) is 5.32 Å². The van der Waals surface area contributed by atoms with Crippen LogP contribution in [0, 0.1) is 12.8 Å². The molecular weight excluding hydrogens is 304 g/mol. The van der Waals surface area contributed by atoms with E-state index in [0.29, 0.717) is 12.1 Å². The molecule has 1 aromatic carbocycles. The number of anilines is 1. The lowest BCUT2D eigenvalue weighted by atomic mass is 10.1. The van der Waals surface area contributed by atoms with E-state index in [1.54, 1.807) is 12.1 Å². The first-order chi connectivity index (χ1) is 10.3. The summed E-state index contributed by atoms with van der Waals surface area (Å²) in [7, 11) is -1.59. The fourth-order valence-electron chi connectivity index (χ4n) is 2.43. The molecule has 1 aliphatic heterocycles. The highest BCUT2D eigenvalue weighted by molar-refractivity contribution is 7.91. The SMILES string of the molecule is Cc1ccc(NC(=O)CN(C)C(=O)[C@H]2CCS(=O)(=O)C2)cc1. The summed E-state index contributed by atoms with van der Waals surface area (Å²) in [6.45, 7) is 1.86. The molecule has 0 saturated carbocycles. The molecule has 1 saturated heterocycles. The van der Waals surface area contributed by atoms with Gasteiger partial charge in [0, 0.05) is 12.7 Å². The number of carbonyl (C=O) groups excluding carboxylic acids is 2. The van der Waals surface area contributed by atoms with Gasteiger partial charge in [-0.1, -0.05) is 17.7 Å². The summed E-state index contributed by atoms with van der Waals surface area (Å²) in [6, 6.07) is 7.35. The van der Waals surface area contributed by atoms with Crippen LogP contribution in [0.2, 0.25) is 0 Å². The van der Waals surface area contributed by atoms with Gasteiger partial charge in [0.25, 0.3) is 0 Å². The molecule has 0 radical (unpaired) electrons. The van der Waals surface area contributed by atoms with Crippen LogP contribution < -0.4 is 5.32 Å². The first kappa shape index (κ1) is 16.5. The lowest BCUT2D eigenvalue weighted by Crippen LogP contribution is -2.39. The summed E-state index contributed by atoms with van der Waals surface area (Å²) in [4.78, 5) is 25.4. The molecule has 6 nitrogen and oxygen atoms in total. The smallest absolute Gasteiger partial charge is 0.243 e. The molecular formula is C15H20N2O4S. The quantitative estimate of drug-likeness (QED) is 0.889. The van der Waals surface area contributed by atoms with Gasteiger partial charge < -0.3 is 10.2 Å². The van der Waals surface area contributed by atoms with Crippen molar-refractivity contribution in [1.82, 2.24) is 4.90 Å². The van der Waals surface area contributed by atoms with Crippen LogP contribution in [0.1, 0.15) is 12.0 Å². The second kappa shape index (κ2) is 6.48. The number of carbonyl (C=O) groups is 2. The van der Waals surface area contributed by atoms with Gasteiger partial charge >= 0.3 is 0 Å². The number of aryl methyl sites for hydroxylation is 1. The summed E-state index contributed by atoms with van der Waals surface area (Å²) in [6.07, 6.45) is 0.338. The van der Waals surface area contributed by atoms with Crippen molar-refractivity contribution in [3.05, 3.63) is 29.8 Å². The normalized spacial score (nSPS) is 19.6. The largest absolute Gasteiger partial charge is 0.336 e. The molecule has 0 aromatic heterocycles. The van der Waals surface area contributed by atoms with Crippen molar-refractivity contribution in [2.75, 3.05) is 30.4 Å². The van der Waals surface area contributed by atoms with Crippen molar-refractivity contribution in [3.63, 3.8) is 0 Å². The third kappa shape index (κ3) is 4.30. The van der Waals surface area contributed by atoms with Crippen molar-refractivity contribution < 1.29 is 18.0 Å². The Bertz CT molecular complexity index is 667. The predicted octanol–water partition coefficient (Wildman–Crippen LogP) is 0.827. The number of nitrogens with zero attached hydrogens (tertiary/aromatic N) is 1. The highest BCUT2D eigenvalue weighted by Gasteiger charge is 2.34. The zero-order valence-corrected chi connectivity index (χ0v) is 13.5. The molecule has 0 spiro atoms. The molecule has 0 aliphatic carbocycles. The maximum atomic E-state index is 12.1. The van der Waals surface area contributed by atoms with Crippen LogP contribution >= 0.6 is 0 Å². The summed E-state index contributed by atoms with van der Waals surface area (Å²) in [5.74, 6) is -1.19. The summed E-state index contributed by atoms with van der Waals surface area (Å²) >= 11 is 0. The van der Waals surface area contributed by atoms with E-state index in [9.17, 15) is 18.0 Å². The summed E-state index contributed by atoms with van der Waals surface area (Å²) in [5, 5.41) is 2.71. The fraction of sp³-hybridized carbons (Fsp3) is 0.467. The fourth-order valence-corrected chi connectivity index (χ4v) is 4.16. The number of hydrogen-bond donors (Lipinski definition) is 1. The third-order valence-corrected chi connectivity index (χ3v) is 5.44. The van der Waals surface area contributed by atoms with Crippen molar-refractivity contribution in [2.24, 2.45) is 5.92 Å². The second-order valence-corrected chi connectivity index (χ2v) is 7.94. The van der Waals surface area contributed by atoms with E-state index in [4.69, 9.17) is 0 Å². The highest BCUT2D eigenvalue weighted by atomic mass is 32.2. The maximum absolute atomic E-state index is 12.1. The Morgan fingerprint density at radius 3 is 2.45 bits per heavy atom. The Kier molecular flexibility index (Phi) is 4.85. The lowest BCUT2D eigenvalue weighted by molar-refractivity contribution is -0.136. The number of rotatable bonds is 4. The van der Waals surface area contributed by atoms with Gasteiger partial charge in [0.2, 0.25) is 11.8 Å². The van der Waals surface area contributed by atoms with Gasteiger partial charge in [-0.2, -0.15) is 0 Å². The number of amides is 2. The lowest BCUT2D eigenvalue weighted by Gasteiger charge is -2.19. The average Bonchev–Trinajstić information content (AvgIpc) is 2.80. The van der Waals surface area contributed by atoms with Crippen LogP contribution in [0.5, 0.6) is 0 Å². The van der Waals surface area contributed by atoms with Gasteiger partial charge in [-0.15, -0.1) is 0 Å². The van der Waals surface area contributed by atoms with Gasteiger partial charge in [-0.25, -0.2) is 8.42 Å². The summed E-state index contributed by atoms with van der Waals surface area (Å²) < 4.78 is 22.8. The molecule has 2 rings (SSSR count). The Balaban J connectivity index is 1.88. The van der Waals surface area contributed by atoms with Crippen LogP contribution in [0.25, 0.3) is 0 Å². The van der Waals surface area contributed by atoms with Crippen LogP contribution in [-0.2, 0) is 19.4 Å². The standard InChI is InChI=1S/C15H20N2O4S/c1-11-3-5-13(6-4-11)16-14(18)9-17(2)15(19)12-7-8-22(20,21)10-12/h3-6,12H,7-10H2,1-2H3,(H,16,18)/t12-/m0/s1. The first-order valence-electron chi connectivity index (χ1n) is 7.09. The zero-order chi connectivity index (χ0) is 16.3. The van der Waals surface area contributed by atoms with E-state index >= 15 is 0 Å². The van der Waals surface area contributed by atoms with Gasteiger partial charge in [0.05, 0.1) is 24.0 Å². The average molecular weight is 324 g/mol. The van der Waals surface area contributed by atoms with E-state index in [0.717, 1.165) is 5.56 Å². The Labute approximate surface area is 130 Å². The van der Waals surface area contributed by atoms with E-state index in [1.807, 2.05) is 19.1 Å². The predicted molar refractivity (Wildman–Crippen MR) is 84.2 cm³/mol. The molecule has 2 amide bonds. The van der Waals surface area contributed by atoms with Gasteiger partial charge in [-0.3, -0.25) is 9.59 Å². The Hall–Kier alpha value is -1.89. The van der Waals surface area contributed by atoms with Crippen molar-refractivity contribution >= 4 is 27.3 Å². The third-order valence-electron chi connectivity index (χ3n) is 3.67. The highest BCUT2D eigenvalue weighted by Crippen LogP contribution is 2.20. The molecule has 1 N–H and O–H groups in total. The molecule has 22 heavy (non-hydrogen) atoms. The van der Waals surface area contributed by atoms with Gasteiger partial charge in [0.1, 0.15) is 0 Å². The van der Waals surface area contributed by atoms with Crippen molar-refractivity contribution in [1.29, 1.82) is 0 Å². The molecule has 1 aromatic rings. The number of likely N-dealkylation sites (N-methyl/N-ethyl adjacent to an activating group) is 1. The van der Waals surface area contributed by atoms with E-state index in [-0.39, 0.29) is 29.9 Å². The monoisotopic (exact) mass is 324 g/mol. The minimum absolute atomic E-state index is 0.0484. The summed E-state index contributed by atoms with van der Waals surface area (Å²) in [5.41, 5.74) is 1.76. The minimum atomic E-state index is -3.10. The zero-order valence-electron chi connectivity index (χ0n) is 12.7. The molecule has 1 aliphatic rings. The molecule has 1 heterocycles. The van der Waals surface area contributed by atoms with Crippen molar-refractivity contribution in [3.8, 4) is 0 Å². The molecule has 0 bridgehead atoms. The molecule has 7 heteroatoms. The van der Waals surface area contributed by atoms with Crippen LogP contribution in [-0.4, -0.2) is 50.2 Å². The Morgan fingerprint density at radius 2 is 1.91 bits per heavy atom. The van der Waals surface area contributed by atoms with E-state index < -0.39 is 15.8 Å². The topological polar surface area (TPSA) is 83.6 Å². The second-order valence-electron chi connectivity index (χ2n) is 5.71. The maximum Gasteiger partial charge on any atom is 0.243 e.